The zero-order valence-electron chi connectivity index (χ0n) is 23.0. The number of pyridine rings is 1. The number of methoxy groups -OCH3 is 1. The predicted octanol–water partition coefficient (Wildman–Crippen LogP) is 3.29. The Labute approximate surface area is 234 Å². The van der Waals surface area contributed by atoms with Gasteiger partial charge in [-0.05, 0) is 68.0 Å². The normalized spacial score (nSPS) is 18.1. The van der Waals surface area contributed by atoms with E-state index in [1.54, 1.807) is 25.6 Å². The minimum atomic E-state index is 0.000115. The van der Waals surface area contributed by atoms with Crippen LogP contribution in [0.2, 0.25) is 0 Å². The summed E-state index contributed by atoms with van der Waals surface area (Å²) < 4.78 is 11.2. The van der Waals surface area contributed by atoms with E-state index in [-0.39, 0.29) is 17.9 Å². The molecule has 1 saturated carbocycles. The molecule has 3 aliphatic rings. The van der Waals surface area contributed by atoms with E-state index in [0.717, 1.165) is 73.8 Å². The summed E-state index contributed by atoms with van der Waals surface area (Å²) in [5.41, 5.74) is 10.4. The highest BCUT2D eigenvalue weighted by atomic mass is 16.5. The molecule has 2 aliphatic heterocycles. The van der Waals surface area contributed by atoms with Crippen LogP contribution in [0.5, 0.6) is 5.75 Å². The molecule has 1 amide bonds. The van der Waals surface area contributed by atoms with Crippen LogP contribution in [0.4, 0.5) is 11.8 Å². The number of nitrogens with one attached hydrogen (secondary N) is 2. The Morgan fingerprint density at radius 2 is 2.08 bits per heavy atom. The Bertz CT molecular complexity index is 1370. The van der Waals surface area contributed by atoms with Crippen molar-refractivity contribution in [1.29, 1.82) is 0 Å². The van der Waals surface area contributed by atoms with E-state index in [9.17, 15) is 4.79 Å². The number of carbonyl (C=O) groups excluding carboxylic acids is 1. The van der Waals surface area contributed by atoms with Gasteiger partial charge in [-0.3, -0.25) is 4.79 Å². The maximum atomic E-state index is 13.1. The first kappa shape index (κ1) is 26.5. The summed E-state index contributed by atoms with van der Waals surface area (Å²) in [5, 5.41) is 6.71. The summed E-state index contributed by atoms with van der Waals surface area (Å²) in [5.74, 6) is 1.77. The molecule has 40 heavy (non-hydrogen) atoms. The highest BCUT2D eigenvalue weighted by molar-refractivity contribution is 5.94. The van der Waals surface area contributed by atoms with Crippen molar-refractivity contribution >= 4 is 17.7 Å². The average Bonchev–Trinajstić information content (AvgIpc) is 3.45. The molecule has 3 aromatic rings. The van der Waals surface area contributed by atoms with E-state index in [1.165, 1.54) is 12.8 Å². The molecule has 10 nitrogen and oxygen atoms in total. The third kappa shape index (κ3) is 5.59. The van der Waals surface area contributed by atoms with E-state index >= 15 is 0 Å². The highest BCUT2D eigenvalue weighted by Crippen LogP contribution is 2.49. The first-order valence-electron chi connectivity index (χ1n) is 14.1. The van der Waals surface area contributed by atoms with Gasteiger partial charge in [-0.1, -0.05) is 12.1 Å². The van der Waals surface area contributed by atoms with Gasteiger partial charge in [0.05, 0.1) is 24.5 Å². The molecule has 1 aliphatic carbocycles. The number of nitrogen functional groups attached to an aromatic ring is 1. The molecular formula is C30H37N7O3. The van der Waals surface area contributed by atoms with Crippen LogP contribution in [0.1, 0.15) is 47.2 Å². The lowest BCUT2D eigenvalue weighted by Gasteiger charge is -2.52. The minimum absolute atomic E-state index is 0.000115. The Morgan fingerprint density at radius 3 is 2.88 bits per heavy atom. The minimum Gasteiger partial charge on any atom is -0.492 e. The molecule has 0 radical (unpaired) electrons. The Morgan fingerprint density at radius 1 is 1.23 bits per heavy atom. The number of hydrogen-bond acceptors (Lipinski definition) is 9. The second kappa shape index (κ2) is 11.4. The van der Waals surface area contributed by atoms with E-state index in [1.807, 2.05) is 24.3 Å². The molecule has 2 aromatic heterocycles. The maximum Gasteiger partial charge on any atom is 0.251 e. The second-order valence-electron chi connectivity index (χ2n) is 11.2. The third-order valence-electron chi connectivity index (χ3n) is 8.55. The smallest absolute Gasteiger partial charge is 0.251 e. The van der Waals surface area contributed by atoms with Crippen molar-refractivity contribution in [3.05, 3.63) is 59.4 Å². The van der Waals surface area contributed by atoms with Gasteiger partial charge in [0.2, 0.25) is 5.95 Å². The fraction of sp³-hybridized carbons (Fsp3) is 0.467. The van der Waals surface area contributed by atoms with Crippen molar-refractivity contribution in [3.63, 3.8) is 0 Å². The molecule has 1 saturated heterocycles. The zero-order chi connectivity index (χ0) is 27.5. The quantitative estimate of drug-likeness (QED) is 0.372. The molecule has 4 N–H and O–H groups in total. The van der Waals surface area contributed by atoms with Crippen LogP contribution < -0.4 is 21.1 Å². The van der Waals surface area contributed by atoms with Crippen LogP contribution in [-0.2, 0) is 17.7 Å². The number of ether oxygens (including phenoxy) is 2. The Balaban J connectivity index is 1.04. The van der Waals surface area contributed by atoms with Crippen LogP contribution in [0, 0.1) is 5.41 Å². The van der Waals surface area contributed by atoms with Gasteiger partial charge in [0, 0.05) is 56.2 Å². The lowest BCUT2D eigenvalue weighted by Crippen LogP contribution is -2.55. The Hall–Kier alpha value is -3.76. The molecular weight excluding hydrogens is 506 g/mol. The number of fused-ring (bicyclic) bond motifs is 1. The number of hydrogen-bond donors (Lipinski definition) is 3. The zero-order valence-corrected chi connectivity index (χ0v) is 23.0. The second-order valence-corrected chi connectivity index (χ2v) is 11.2. The van der Waals surface area contributed by atoms with Crippen molar-refractivity contribution in [3.8, 4) is 17.0 Å². The largest absolute Gasteiger partial charge is 0.492 e. The fourth-order valence-electron chi connectivity index (χ4n) is 6.29. The van der Waals surface area contributed by atoms with Crippen LogP contribution in [0.3, 0.4) is 0 Å². The molecule has 210 valence electrons. The highest BCUT2D eigenvalue weighted by Gasteiger charge is 2.46. The fourth-order valence-corrected chi connectivity index (χ4v) is 6.29. The number of amides is 1. The van der Waals surface area contributed by atoms with Gasteiger partial charge >= 0.3 is 0 Å². The van der Waals surface area contributed by atoms with E-state index in [0.29, 0.717) is 29.8 Å². The lowest BCUT2D eigenvalue weighted by atomic mass is 9.60. The summed E-state index contributed by atoms with van der Waals surface area (Å²) in [4.78, 5) is 28.5. The molecule has 10 heteroatoms. The molecule has 1 aromatic carbocycles. The number of benzene rings is 1. The number of aromatic nitrogens is 3. The molecule has 6 rings (SSSR count). The summed E-state index contributed by atoms with van der Waals surface area (Å²) in [7, 11) is 1.76. The van der Waals surface area contributed by atoms with E-state index in [4.69, 9.17) is 15.2 Å². The van der Waals surface area contributed by atoms with Crippen LogP contribution >= 0.6 is 0 Å². The predicted molar refractivity (Wildman–Crippen MR) is 153 cm³/mol. The van der Waals surface area contributed by atoms with Crippen LogP contribution in [-0.4, -0.2) is 71.8 Å². The van der Waals surface area contributed by atoms with Crippen molar-refractivity contribution in [2.75, 3.05) is 51.0 Å². The summed E-state index contributed by atoms with van der Waals surface area (Å²) in [6.45, 7) is 5.19. The van der Waals surface area contributed by atoms with Crippen molar-refractivity contribution < 1.29 is 14.3 Å². The monoisotopic (exact) mass is 543 g/mol. The van der Waals surface area contributed by atoms with Crippen LogP contribution in [0.15, 0.2) is 42.7 Å². The summed E-state index contributed by atoms with van der Waals surface area (Å²) in [6.07, 6.45) is 8.72. The Kier molecular flexibility index (Phi) is 7.53. The average molecular weight is 544 g/mol. The van der Waals surface area contributed by atoms with Crippen molar-refractivity contribution in [1.82, 2.24) is 25.2 Å². The van der Waals surface area contributed by atoms with Gasteiger partial charge in [-0.2, -0.15) is 0 Å². The first-order valence-corrected chi connectivity index (χ1v) is 14.1. The van der Waals surface area contributed by atoms with Gasteiger partial charge in [0.1, 0.15) is 11.6 Å². The number of nitrogens with zero attached hydrogens (tertiary/aromatic N) is 4. The van der Waals surface area contributed by atoms with Crippen molar-refractivity contribution in [2.24, 2.45) is 5.41 Å². The summed E-state index contributed by atoms with van der Waals surface area (Å²) in [6, 6.07) is 9.86. The van der Waals surface area contributed by atoms with Gasteiger partial charge < -0.3 is 30.7 Å². The summed E-state index contributed by atoms with van der Waals surface area (Å²) >= 11 is 0. The molecule has 2 fully saturated rings. The topological polar surface area (TPSA) is 128 Å². The number of carbonyl (C=O) groups is 1. The van der Waals surface area contributed by atoms with Gasteiger partial charge in [-0.25, -0.2) is 15.0 Å². The van der Waals surface area contributed by atoms with Crippen molar-refractivity contribution in [2.45, 2.75) is 44.7 Å². The van der Waals surface area contributed by atoms with Gasteiger partial charge in [0.25, 0.3) is 5.91 Å². The number of likely N-dealkylation sites (tertiary alicyclic amines) is 1. The number of nitrogens with two attached hydrogens (primary N) is 1. The lowest BCUT2D eigenvalue weighted by molar-refractivity contribution is 0.00112. The maximum absolute atomic E-state index is 13.1. The third-order valence-corrected chi connectivity index (χ3v) is 8.55. The van der Waals surface area contributed by atoms with E-state index in [2.05, 4.69) is 30.5 Å². The van der Waals surface area contributed by atoms with Gasteiger partial charge in [-0.15, -0.1) is 0 Å². The van der Waals surface area contributed by atoms with E-state index < -0.39 is 0 Å². The van der Waals surface area contributed by atoms with Crippen LogP contribution in [0.25, 0.3) is 11.3 Å². The number of anilines is 2. The molecule has 4 heterocycles. The standard InChI is InChI=1S/C30H37N7O3/c1-39-14-12-37-10-7-30(8-11-37)16-22(17-30)35-28(38)21-4-2-3-20(15-21)18-33-27-23-6-13-40-26(23)24(19-34-27)25-5-9-32-29(31)36-25/h2-5,9,15,19,22H,6-8,10-14,16-18H2,1H3,(H,33,34)(H,35,38)(H2,31,32,36). The SMILES string of the molecule is COCCN1CCC2(CC1)CC(NC(=O)c1cccc(CNc3ncc(-c4ccnc(N)n4)c4c3CCO4)c1)C2. The van der Waals surface area contributed by atoms with Gasteiger partial charge in [0.15, 0.2) is 0 Å². The number of piperidine rings is 1. The number of rotatable bonds is 9. The molecule has 0 bridgehead atoms. The molecule has 0 atom stereocenters. The molecule has 0 unspecified atom stereocenters. The molecule has 1 spiro atoms. The first-order chi connectivity index (χ1) is 19.5.